The first-order valence-electron chi connectivity index (χ1n) is 12.4. The number of hydrogen-bond acceptors (Lipinski definition) is 12. The third kappa shape index (κ3) is 5.22. The van der Waals surface area contributed by atoms with Gasteiger partial charge < -0.3 is 29.5 Å². The van der Waals surface area contributed by atoms with Crippen LogP contribution in [-0.4, -0.2) is 70.6 Å². The van der Waals surface area contributed by atoms with Crippen LogP contribution in [-0.2, 0) is 28.6 Å². The van der Waals surface area contributed by atoms with Gasteiger partial charge in [0, 0.05) is 35.0 Å². The average molecular weight is 548 g/mol. The van der Waals surface area contributed by atoms with Gasteiger partial charge in [-0.1, -0.05) is 25.5 Å². The maximum atomic E-state index is 14.2. The monoisotopic (exact) mass is 547 g/mol. The van der Waals surface area contributed by atoms with E-state index in [4.69, 9.17) is 14.2 Å². The number of Topliss-reactive ketones (excluding diaryl/α,β-unsaturated/α-hetero) is 1. The first-order valence-corrected chi connectivity index (χ1v) is 12.4. The Hall–Kier alpha value is -3.88. The van der Waals surface area contributed by atoms with Crippen LogP contribution in [0.4, 0.5) is 5.69 Å². The molecule has 3 aliphatic heterocycles. The molecule has 210 valence electrons. The van der Waals surface area contributed by atoms with E-state index in [-0.39, 0.29) is 35.6 Å². The molecule has 39 heavy (non-hydrogen) atoms. The number of unbranched alkanes of at least 4 members (excludes halogenated alkanes) is 1. The molecule has 0 aliphatic carbocycles. The minimum Gasteiger partial charge on any atom is -0.462 e. The van der Waals surface area contributed by atoms with Gasteiger partial charge in [0.1, 0.15) is 12.2 Å². The summed E-state index contributed by atoms with van der Waals surface area (Å²) in [5, 5.41) is 36.0. The Kier molecular flexibility index (Phi) is 7.99. The molecule has 0 bridgehead atoms. The summed E-state index contributed by atoms with van der Waals surface area (Å²) >= 11 is 0. The summed E-state index contributed by atoms with van der Waals surface area (Å²) in [6.45, 7) is 4.42. The van der Waals surface area contributed by atoms with E-state index in [1.165, 1.54) is 18.2 Å². The number of non-ortho nitro benzene ring substituents is 1. The quantitative estimate of drug-likeness (QED) is 0.187. The van der Waals surface area contributed by atoms with Crippen LogP contribution in [0.1, 0.15) is 45.1 Å². The molecule has 2 saturated heterocycles. The number of nitro groups is 1. The van der Waals surface area contributed by atoms with Crippen molar-refractivity contribution in [2.75, 3.05) is 19.8 Å². The van der Waals surface area contributed by atoms with Gasteiger partial charge in [0.25, 0.3) is 10.8 Å². The Labute approximate surface area is 222 Å². The number of ether oxygens (including phenoxy) is 3. The highest BCUT2D eigenvalue weighted by molar-refractivity contribution is 6.08. The number of allylic oxidation sites excluding steroid dienone is 2. The Balaban J connectivity index is 1.77. The normalized spacial score (nSPS) is 28.1. The van der Waals surface area contributed by atoms with Gasteiger partial charge in [-0.05, 0) is 25.8 Å². The van der Waals surface area contributed by atoms with E-state index < -0.39 is 58.2 Å². The number of rotatable bonds is 10. The predicted molar refractivity (Wildman–Crippen MR) is 132 cm³/mol. The lowest BCUT2D eigenvalue weighted by Crippen LogP contribution is -2.53. The number of nitrogens with one attached hydrogen (secondary N) is 1. The van der Waals surface area contributed by atoms with Crippen molar-refractivity contribution in [2.45, 2.75) is 63.4 Å². The van der Waals surface area contributed by atoms with E-state index in [1.807, 2.05) is 6.92 Å². The lowest BCUT2D eigenvalue weighted by atomic mass is 9.74. The summed E-state index contributed by atoms with van der Waals surface area (Å²) in [5.74, 6) is -2.71. The molecule has 1 aromatic carbocycles. The van der Waals surface area contributed by atoms with Crippen molar-refractivity contribution in [1.29, 1.82) is 0 Å². The van der Waals surface area contributed by atoms with Crippen LogP contribution >= 0.6 is 0 Å². The Morgan fingerprint density at radius 2 is 1.90 bits per heavy atom. The molecule has 0 aromatic heterocycles. The van der Waals surface area contributed by atoms with Gasteiger partial charge in [-0.3, -0.25) is 14.9 Å². The number of ketones is 1. The number of aliphatic hydroxyl groups is 1. The number of benzene rings is 1. The molecule has 0 radical (unpaired) electrons. The van der Waals surface area contributed by atoms with Crippen LogP contribution < -0.4 is 5.32 Å². The summed E-state index contributed by atoms with van der Waals surface area (Å²) in [4.78, 5) is 53.9. The van der Waals surface area contributed by atoms with Crippen LogP contribution in [0.5, 0.6) is 0 Å². The first-order chi connectivity index (χ1) is 18.5. The molecule has 14 heteroatoms. The lowest BCUT2D eigenvalue weighted by Gasteiger charge is -2.35. The number of hydrogen-bond donors (Lipinski definition) is 2. The smallest absolute Gasteiger partial charge is 0.336 e. The van der Waals surface area contributed by atoms with E-state index in [1.54, 1.807) is 19.9 Å². The summed E-state index contributed by atoms with van der Waals surface area (Å²) in [6.07, 6.45) is -2.14. The number of nitrogens with zero attached hydrogens (tertiary/aromatic N) is 2. The highest BCUT2D eigenvalue weighted by Gasteiger charge is 2.62. The lowest BCUT2D eigenvalue weighted by molar-refractivity contribution is -0.769. The zero-order valence-corrected chi connectivity index (χ0v) is 21.6. The van der Waals surface area contributed by atoms with E-state index in [0.29, 0.717) is 17.8 Å². The third-order valence-electron chi connectivity index (χ3n) is 7.06. The first kappa shape index (κ1) is 28.1. The molecule has 5 atom stereocenters. The Morgan fingerprint density at radius 1 is 1.18 bits per heavy atom. The predicted octanol–water partition coefficient (Wildman–Crippen LogP) is 1.85. The van der Waals surface area contributed by atoms with Crippen molar-refractivity contribution in [2.24, 2.45) is 0 Å². The Bertz CT molecular complexity index is 1260. The van der Waals surface area contributed by atoms with Gasteiger partial charge in [0.15, 0.2) is 17.5 Å². The zero-order valence-electron chi connectivity index (χ0n) is 21.6. The van der Waals surface area contributed by atoms with Crippen molar-refractivity contribution in [3.05, 3.63) is 72.6 Å². The average Bonchev–Trinajstić information content (AvgIpc) is 3.44. The molecule has 14 nitrogen and oxygen atoms in total. The van der Waals surface area contributed by atoms with E-state index in [9.17, 15) is 34.9 Å². The fraction of sp³-hybridized carbons (Fsp3) is 0.520. The molecule has 2 N–H and O–H groups in total. The van der Waals surface area contributed by atoms with Crippen molar-refractivity contribution < 1.29 is 43.8 Å². The molecular weight excluding hydrogens is 518 g/mol. The van der Waals surface area contributed by atoms with Gasteiger partial charge in [-0.15, -0.1) is 10.1 Å². The topological polar surface area (TPSA) is 190 Å². The third-order valence-corrected chi connectivity index (χ3v) is 7.06. The van der Waals surface area contributed by atoms with Gasteiger partial charge >= 0.3 is 5.97 Å². The summed E-state index contributed by atoms with van der Waals surface area (Å²) in [6, 6.07) is 5.52. The second-order valence-electron chi connectivity index (χ2n) is 9.63. The minimum atomic E-state index is -2.28. The number of nitro benzene ring substituents is 1. The second-order valence-corrected chi connectivity index (χ2v) is 9.63. The molecule has 1 aromatic rings. The standard InChI is InChI=1S/C25H29N3O11/c1-4-5-9-36-24(30)19-14(3)26-13(2)18(20(19)15-7-6-8-16(10-15)27(32)33)22(29)25(31)12-38-21-17(39-28(34)35)11-37-23(21)25/h6-8,10,17,20-21,23,26,31H,4-5,9,11-12H2,1-3H3/t17-,20?,21-,23+,25-/m1/s1. The van der Waals surface area contributed by atoms with E-state index >= 15 is 0 Å². The molecule has 2 fully saturated rings. The van der Waals surface area contributed by atoms with Crippen LogP contribution in [0.25, 0.3) is 0 Å². The molecule has 0 spiro atoms. The number of carbonyl (C=O) groups excluding carboxylic acids is 2. The van der Waals surface area contributed by atoms with E-state index in [0.717, 1.165) is 6.42 Å². The van der Waals surface area contributed by atoms with Crippen LogP contribution in [0.2, 0.25) is 0 Å². The molecule has 3 aliphatic rings. The largest absolute Gasteiger partial charge is 0.462 e. The van der Waals surface area contributed by atoms with Gasteiger partial charge in [0.2, 0.25) is 0 Å². The summed E-state index contributed by atoms with van der Waals surface area (Å²) in [5.41, 5.74) is -1.58. The maximum absolute atomic E-state index is 14.2. The Morgan fingerprint density at radius 3 is 2.56 bits per heavy atom. The van der Waals surface area contributed by atoms with Gasteiger partial charge in [-0.2, -0.15) is 0 Å². The molecule has 1 unspecified atom stereocenters. The molecular formula is C25H29N3O11. The molecule has 4 rings (SSSR count). The number of carbonyl (C=O) groups is 2. The minimum absolute atomic E-state index is 0.0439. The van der Waals surface area contributed by atoms with Crippen LogP contribution in [0, 0.1) is 20.2 Å². The highest BCUT2D eigenvalue weighted by atomic mass is 17.0. The number of esters is 1. The maximum Gasteiger partial charge on any atom is 0.336 e. The fourth-order valence-corrected chi connectivity index (χ4v) is 5.23. The molecule has 0 saturated carbocycles. The fourth-order valence-electron chi connectivity index (χ4n) is 5.23. The van der Waals surface area contributed by atoms with Crippen LogP contribution in [0.3, 0.4) is 0 Å². The van der Waals surface area contributed by atoms with Crippen molar-refractivity contribution >= 4 is 17.4 Å². The highest BCUT2D eigenvalue weighted by Crippen LogP contribution is 2.45. The number of dihydropyridines is 1. The van der Waals surface area contributed by atoms with Crippen molar-refractivity contribution in [3.8, 4) is 0 Å². The molecule has 3 heterocycles. The van der Waals surface area contributed by atoms with Gasteiger partial charge in [-0.25, -0.2) is 4.79 Å². The summed E-state index contributed by atoms with van der Waals surface area (Å²) < 4.78 is 16.5. The number of fused-ring (bicyclic) bond motifs is 1. The molecule has 0 amide bonds. The van der Waals surface area contributed by atoms with Crippen molar-refractivity contribution in [1.82, 2.24) is 5.32 Å². The van der Waals surface area contributed by atoms with Crippen molar-refractivity contribution in [3.63, 3.8) is 0 Å². The van der Waals surface area contributed by atoms with E-state index in [2.05, 4.69) is 10.2 Å². The second kappa shape index (κ2) is 11.1. The van der Waals surface area contributed by atoms with Crippen LogP contribution in [0.15, 0.2) is 46.8 Å². The summed E-state index contributed by atoms with van der Waals surface area (Å²) in [7, 11) is 0. The van der Waals surface area contributed by atoms with Gasteiger partial charge in [0.05, 0.1) is 30.3 Å². The SMILES string of the molecule is CCCCOC(=O)C1=C(C)NC(C)=C(C(=O)[C@]2(O)CO[C@@H]3[C@H](O[N+](=O)[O-])CO[C@@H]32)C1c1cccc([N+](=O)[O-])c1. The zero-order chi connectivity index (χ0) is 28.5.